The summed E-state index contributed by atoms with van der Waals surface area (Å²) in [5.74, 6) is 0. The number of halogens is 1. The lowest BCUT2D eigenvalue weighted by atomic mass is 10.2. The van der Waals surface area contributed by atoms with E-state index in [1.165, 1.54) is 11.1 Å². The highest BCUT2D eigenvalue weighted by atomic mass is 127. The summed E-state index contributed by atoms with van der Waals surface area (Å²) in [6.07, 6.45) is 15.9. The molecule has 0 bridgehead atoms. The Morgan fingerprint density at radius 1 is 0.737 bits per heavy atom. The first kappa shape index (κ1) is 27.4. The molecule has 0 aromatic carbocycles. The molecule has 0 atom stereocenters. The summed E-state index contributed by atoms with van der Waals surface area (Å²) in [5.41, 5.74) is 6.08. The van der Waals surface area contributed by atoms with Crippen molar-refractivity contribution in [1.29, 1.82) is 0 Å². The number of fused-ring (bicyclic) bond motifs is 3. The lowest BCUT2D eigenvalue weighted by molar-refractivity contribution is 0.112. The number of carbonyl (C=O) groups is 1. The molecule has 0 aliphatic rings. The second-order valence-corrected chi connectivity index (χ2v) is 10.4. The van der Waals surface area contributed by atoms with Crippen molar-refractivity contribution in [1.82, 2.24) is 38.0 Å². The zero-order valence-corrected chi connectivity index (χ0v) is 24.1. The van der Waals surface area contributed by atoms with Gasteiger partial charge < -0.3 is 18.6 Å². The third-order valence-corrected chi connectivity index (χ3v) is 6.35. The number of carbonyl (C=O) groups excluding carboxylic acids is 1. The van der Waals surface area contributed by atoms with Crippen molar-refractivity contribution >= 4 is 45.8 Å². The average Bonchev–Trinajstić information content (AvgIpc) is 3.63. The number of hydrogen-bond donors (Lipinski definition) is 0. The molecular weight excluding hydrogens is 591 g/mol. The molecule has 0 spiro atoms. The lowest BCUT2D eigenvalue weighted by Gasteiger charge is -2.09. The lowest BCUT2D eigenvalue weighted by Crippen LogP contribution is -2.10. The molecule has 0 amide bonds. The van der Waals surface area contributed by atoms with Crippen molar-refractivity contribution in [2.24, 2.45) is 0 Å². The van der Waals surface area contributed by atoms with Crippen LogP contribution in [-0.4, -0.2) is 72.4 Å². The van der Waals surface area contributed by atoms with Crippen molar-refractivity contribution < 1.29 is 4.79 Å². The first-order valence-corrected chi connectivity index (χ1v) is 13.1. The van der Waals surface area contributed by atoms with Crippen LogP contribution in [0.4, 0.5) is 0 Å². The summed E-state index contributed by atoms with van der Waals surface area (Å²) in [7, 11) is 8.27. The van der Waals surface area contributed by atoms with Gasteiger partial charge in [-0.2, -0.15) is 0 Å². The van der Waals surface area contributed by atoms with Crippen molar-refractivity contribution in [3.05, 3.63) is 106 Å². The molecule has 0 radical (unpaired) electrons. The van der Waals surface area contributed by atoms with Gasteiger partial charge in [0, 0.05) is 62.0 Å². The van der Waals surface area contributed by atoms with Gasteiger partial charge in [-0.05, 0) is 98.3 Å². The van der Waals surface area contributed by atoms with Crippen LogP contribution in [0.15, 0.2) is 86.0 Å². The molecule has 0 unspecified atom stereocenters. The Morgan fingerprint density at radius 2 is 1.29 bits per heavy atom. The predicted octanol–water partition coefficient (Wildman–Crippen LogP) is 4.54. The number of nitrogens with zero attached hydrogens (tertiary/aromatic N) is 8. The maximum atomic E-state index is 10.3. The third-order valence-electron chi connectivity index (χ3n) is 5.55. The normalized spacial score (nSPS) is 11.0. The molecule has 0 aliphatic carbocycles. The highest BCUT2D eigenvalue weighted by molar-refractivity contribution is 14.1. The summed E-state index contributed by atoms with van der Waals surface area (Å²) in [6.45, 7) is 1.92. The van der Waals surface area contributed by atoms with E-state index in [4.69, 9.17) is 0 Å². The molecule has 0 saturated heterocycles. The standard InChI is InChI=1S/C10H12IN3.C10H13N3.C8H6N2O/c1-13(2)7-8-3-4-14-9(11)6-12-10(14)5-8;1-12(2)8-9-3-5-13-6-4-11-10(13)7-9;11-6-7-1-3-10-4-2-9-8(10)5-7/h3-6H,7H2,1-2H3;3-7H,8H2,1-2H3;1-6H. The molecule has 0 fully saturated rings. The molecule has 9 nitrogen and oxygen atoms in total. The molecule has 6 heterocycles. The minimum Gasteiger partial charge on any atom is -0.307 e. The van der Waals surface area contributed by atoms with E-state index < -0.39 is 0 Å². The summed E-state index contributed by atoms with van der Waals surface area (Å²) in [6, 6.07) is 12.0. The van der Waals surface area contributed by atoms with E-state index in [1.807, 2.05) is 46.0 Å². The number of rotatable bonds is 5. The highest BCUT2D eigenvalue weighted by Crippen LogP contribution is 2.12. The Balaban J connectivity index is 0.000000134. The minimum absolute atomic E-state index is 0.656. The van der Waals surface area contributed by atoms with Crippen LogP contribution in [0.2, 0.25) is 0 Å². The maximum absolute atomic E-state index is 10.3. The fourth-order valence-corrected chi connectivity index (χ4v) is 4.42. The van der Waals surface area contributed by atoms with Crippen molar-refractivity contribution in [3.8, 4) is 0 Å². The van der Waals surface area contributed by atoms with E-state index in [2.05, 4.69) is 110 Å². The molecule has 0 aliphatic heterocycles. The minimum atomic E-state index is 0.656. The van der Waals surface area contributed by atoms with Crippen molar-refractivity contribution in [2.45, 2.75) is 13.1 Å². The van der Waals surface area contributed by atoms with Gasteiger partial charge in [0.25, 0.3) is 0 Å². The number of hydrogen-bond acceptors (Lipinski definition) is 6. The number of aromatic nitrogens is 6. The topological polar surface area (TPSA) is 75.5 Å². The predicted molar refractivity (Wildman–Crippen MR) is 158 cm³/mol. The summed E-state index contributed by atoms with van der Waals surface area (Å²) in [5, 5.41) is 0. The van der Waals surface area contributed by atoms with E-state index in [0.717, 1.165) is 40.0 Å². The molecule has 6 aromatic rings. The Hall–Kier alpha value is -3.61. The third kappa shape index (κ3) is 7.24. The molecule has 196 valence electrons. The Morgan fingerprint density at radius 3 is 1.89 bits per heavy atom. The quantitative estimate of drug-likeness (QED) is 0.208. The Kier molecular flexibility index (Phi) is 9.21. The second-order valence-electron chi connectivity index (χ2n) is 9.32. The van der Waals surface area contributed by atoms with Gasteiger partial charge in [0.15, 0.2) is 0 Å². The van der Waals surface area contributed by atoms with Gasteiger partial charge in [0.2, 0.25) is 0 Å². The molecule has 10 heteroatoms. The van der Waals surface area contributed by atoms with E-state index in [9.17, 15) is 4.79 Å². The van der Waals surface area contributed by atoms with E-state index in [1.54, 1.807) is 18.3 Å². The highest BCUT2D eigenvalue weighted by Gasteiger charge is 2.02. The largest absolute Gasteiger partial charge is 0.307 e. The fourth-order valence-electron chi connectivity index (χ4n) is 3.87. The molecule has 0 N–H and O–H groups in total. The second kappa shape index (κ2) is 12.8. The van der Waals surface area contributed by atoms with Gasteiger partial charge in [0.1, 0.15) is 26.9 Å². The van der Waals surface area contributed by atoms with Gasteiger partial charge in [-0.3, -0.25) is 9.20 Å². The molecule has 6 aromatic heterocycles. The Labute approximate surface area is 235 Å². The zero-order valence-electron chi connectivity index (χ0n) is 21.9. The van der Waals surface area contributed by atoms with Crippen LogP contribution in [0.25, 0.3) is 16.9 Å². The summed E-state index contributed by atoms with van der Waals surface area (Å²) in [4.78, 5) is 27.2. The van der Waals surface area contributed by atoms with Gasteiger partial charge >= 0.3 is 0 Å². The first-order valence-electron chi connectivity index (χ1n) is 12.0. The van der Waals surface area contributed by atoms with Crippen LogP contribution in [0.1, 0.15) is 21.5 Å². The number of pyridine rings is 3. The summed E-state index contributed by atoms with van der Waals surface area (Å²) >= 11 is 2.28. The van der Waals surface area contributed by atoms with Crippen LogP contribution >= 0.6 is 22.6 Å². The molecule has 6 rings (SSSR count). The van der Waals surface area contributed by atoms with Gasteiger partial charge in [0.05, 0.1) is 6.20 Å². The smallest absolute Gasteiger partial charge is 0.150 e. The molecule has 0 saturated carbocycles. The first-order chi connectivity index (χ1) is 18.3. The van der Waals surface area contributed by atoms with E-state index >= 15 is 0 Å². The van der Waals surface area contributed by atoms with E-state index in [0.29, 0.717) is 5.56 Å². The van der Waals surface area contributed by atoms with Gasteiger partial charge in [-0.15, -0.1) is 0 Å². The SMILES string of the molecule is CN(C)Cc1ccn2c(I)cnc2c1.CN(C)Cc1ccn2ccnc2c1.O=Cc1ccn2ccnc2c1. The monoisotopic (exact) mass is 622 g/mol. The van der Waals surface area contributed by atoms with Gasteiger partial charge in [-0.1, -0.05) is 0 Å². The van der Waals surface area contributed by atoms with E-state index in [-0.39, 0.29) is 0 Å². The van der Waals surface area contributed by atoms with Crippen LogP contribution in [-0.2, 0) is 13.1 Å². The molecule has 38 heavy (non-hydrogen) atoms. The molecular formula is C28H31IN8O. The van der Waals surface area contributed by atoms with Crippen LogP contribution in [0.5, 0.6) is 0 Å². The zero-order chi connectivity index (χ0) is 27.1. The van der Waals surface area contributed by atoms with Crippen LogP contribution < -0.4 is 0 Å². The van der Waals surface area contributed by atoms with Crippen LogP contribution in [0.3, 0.4) is 0 Å². The van der Waals surface area contributed by atoms with Crippen LogP contribution in [0, 0.1) is 3.70 Å². The van der Waals surface area contributed by atoms with Crippen molar-refractivity contribution in [2.75, 3.05) is 28.2 Å². The fraction of sp³-hybridized carbons (Fsp3) is 0.214. The summed E-state index contributed by atoms with van der Waals surface area (Å²) < 4.78 is 7.10. The number of imidazole rings is 3. The average molecular weight is 623 g/mol. The maximum Gasteiger partial charge on any atom is 0.150 e. The van der Waals surface area contributed by atoms with Gasteiger partial charge in [-0.25, -0.2) is 15.0 Å². The number of aldehydes is 1. The van der Waals surface area contributed by atoms with Crippen molar-refractivity contribution in [3.63, 3.8) is 0 Å². The Bertz CT molecular complexity index is 1630.